The van der Waals surface area contributed by atoms with E-state index in [1.165, 1.54) is 44.6 Å². The van der Waals surface area contributed by atoms with Crippen molar-refractivity contribution in [3.63, 3.8) is 0 Å². The lowest BCUT2D eigenvalue weighted by Crippen LogP contribution is -2.57. The lowest BCUT2D eigenvalue weighted by Gasteiger charge is -2.43. The van der Waals surface area contributed by atoms with Crippen LogP contribution in [0.5, 0.6) is 5.88 Å². The Bertz CT molecular complexity index is 1270. The number of amidine groups is 1. The van der Waals surface area contributed by atoms with E-state index in [1.807, 2.05) is 0 Å². The fourth-order valence-corrected chi connectivity index (χ4v) is 5.43. The molecule has 34 heavy (non-hydrogen) atoms. The van der Waals surface area contributed by atoms with Crippen LogP contribution in [0.15, 0.2) is 35.6 Å². The van der Waals surface area contributed by atoms with Crippen molar-refractivity contribution in [2.75, 3.05) is 25.3 Å². The number of nitrogens with one attached hydrogen (secondary N) is 1. The molecule has 4 rings (SSSR count). The van der Waals surface area contributed by atoms with Gasteiger partial charge < -0.3 is 20.5 Å². The molecule has 2 aliphatic heterocycles. The van der Waals surface area contributed by atoms with Gasteiger partial charge >= 0.3 is 0 Å². The summed E-state index contributed by atoms with van der Waals surface area (Å²) in [5, 5.41) is 2.68. The van der Waals surface area contributed by atoms with Gasteiger partial charge in [-0.05, 0) is 38.5 Å². The fourth-order valence-electron chi connectivity index (χ4n) is 4.53. The van der Waals surface area contributed by atoms with E-state index >= 15 is 4.39 Å². The maximum atomic E-state index is 15.2. The number of anilines is 1. The van der Waals surface area contributed by atoms with Crippen LogP contribution in [0.25, 0.3) is 0 Å². The van der Waals surface area contributed by atoms with Crippen molar-refractivity contribution in [2.45, 2.75) is 36.7 Å². The number of rotatable bonds is 5. The first-order chi connectivity index (χ1) is 15.9. The topological polar surface area (TPSA) is 146 Å². The Morgan fingerprint density at radius 1 is 1.32 bits per heavy atom. The predicted molar refractivity (Wildman–Crippen MR) is 123 cm³/mol. The van der Waals surface area contributed by atoms with Crippen molar-refractivity contribution in [2.24, 2.45) is 16.6 Å². The summed E-state index contributed by atoms with van der Waals surface area (Å²) >= 11 is 0. The minimum atomic E-state index is -3.60. The zero-order valence-electron chi connectivity index (χ0n) is 19.2. The van der Waals surface area contributed by atoms with Crippen molar-refractivity contribution in [3.8, 4) is 5.88 Å². The van der Waals surface area contributed by atoms with Gasteiger partial charge in [0.1, 0.15) is 27.6 Å². The third-order valence-corrected chi connectivity index (χ3v) is 8.81. The van der Waals surface area contributed by atoms with Gasteiger partial charge in [-0.1, -0.05) is 0 Å². The molecule has 4 atom stereocenters. The van der Waals surface area contributed by atoms with E-state index in [0.717, 1.165) is 6.26 Å². The zero-order valence-corrected chi connectivity index (χ0v) is 20.0. The van der Waals surface area contributed by atoms with E-state index in [9.17, 15) is 13.2 Å². The number of carbonyl (C=O) groups is 1. The second-order valence-corrected chi connectivity index (χ2v) is 11.3. The number of nitrogens with two attached hydrogens (primary N) is 1. The molecule has 1 saturated heterocycles. The maximum absolute atomic E-state index is 15.2. The largest absolute Gasteiger partial charge is 0.480 e. The molecular formula is C22H26FN5O5S. The summed E-state index contributed by atoms with van der Waals surface area (Å²) in [5.41, 5.74) is 5.48. The number of aromatic nitrogens is 2. The average molecular weight is 492 g/mol. The van der Waals surface area contributed by atoms with Crippen LogP contribution in [0, 0.1) is 11.7 Å². The Kier molecular flexibility index (Phi) is 5.85. The molecule has 0 spiro atoms. The molecule has 2 aliphatic rings. The van der Waals surface area contributed by atoms with Crippen molar-refractivity contribution in [1.82, 2.24) is 9.97 Å². The molecule has 1 aromatic heterocycles. The highest BCUT2D eigenvalue weighted by molar-refractivity contribution is 7.92. The summed E-state index contributed by atoms with van der Waals surface area (Å²) in [7, 11) is -2.17. The Morgan fingerprint density at radius 2 is 2.06 bits per heavy atom. The number of hydrogen-bond acceptors (Lipinski definition) is 9. The monoisotopic (exact) mass is 491 g/mol. The molecule has 3 N–H and O–H groups in total. The molecule has 12 heteroatoms. The van der Waals surface area contributed by atoms with Crippen LogP contribution in [0.3, 0.4) is 0 Å². The van der Waals surface area contributed by atoms with E-state index in [2.05, 4.69) is 20.3 Å². The van der Waals surface area contributed by atoms with Gasteiger partial charge in [0.2, 0.25) is 5.88 Å². The Morgan fingerprint density at radius 3 is 2.68 bits per heavy atom. The number of fused-ring (bicyclic) bond motifs is 1. The molecule has 10 nitrogen and oxygen atoms in total. The number of ether oxygens (including phenoxy) is 2. The van der Waals surface area contributed by atoms with Gasteiger partial charge in [-0.3, -0.25) is 9.79 Å². The van der Waals surface area contributed by atoms with Crippen LogP contribution in [-0.4, -0.2) is 61.0 Å². The predicted octanol–water partition coefficient (Wildman–Crippen LogP) is 1.67. The molecule has 1 fully saturated rings. The highest BCUT2D eigenvalue weighted by Crippen LogP contribution is 2.51. The number of halogens is 1. The number of nitrogens with zero attached hydrogens (tertiary/aromatic N) is 3. The van der Waals surface area contributed by atoms with Gasteiger partial charge in [-0.2, -0.15) is 0 Å². The first-order valence-electron chi connectivity index (χ1n) is 10.6. The van der Waals surface area contributed by atoms with Gasteiger partial charge in [0.15, 0.2) is 9.84 Å². The van der Waals surface area contributed by atoms with Crippen molar-refractivity contribution in [3.05, 3.63) is 47.7 Å². The summed E-state index contributed by atoms with van der Waals surface area (Å²) in [4.78, 5) is 25.2. The van der Waals surface area contributed by atoms with Crippen LogP contribution in [0.2, 0.25) is 0 Å². The third kappa shape index (κ3) is 3.80. The van der Waals surface area contributed by atoms with Gasteiger partial charge in [0.25, 0.3) is 5.91 Å². The molecule has 0 bridgehead atoms. The summed E-state index contributed by atoms with van der Waals surface area (Å²) in [6, 6.07) is 4.10. The van der Waals surface area contributed by atoms with Crippen LogP contribution in [0.1, 0.15) is 36.3 Å². The van der Waals surface area contributed by atoms with Gasteiger partial charge in [0, 0.05) is 23.4 Å². The zero-order chi connectivity index (χ0) is 24.9. The number of carbonyl (C=O) groups excluding carboxylic acids is 1. The Balaban J connectivity index is 1.73. The smallest absolute Gasteiger partial charge is 0.275 e. The number of aliphatic imine (C=N–C) groups is 1. The van der Waals surface area contributed by atoms with Crippen LogP contribution in [0.4, 0.5) is 10.1 Å². The minimum absolute atomic E-state index is 0.0254. The van der Waals surface area contributed by atoms with Gasteiger partial charge in [-0.25, -0.2) is 22.8 Å². The average Bonchev–Trinajstić information content (AvgIpc) is 3.10. The molecule has 0 aliphatic carbocycles. The molecule has 0 unspecified atom stereocenters. The number of amides is 1. The number of sulfone groups is 1. The van der Waals surface area contributed by atoms with E-state index in [1.54, 1.807) is 6.92 Å². The number of hydrogen-bond donors (Lipinski definition) is 2. The molecular weight excluding hydrogens is 465 g/mol. The van der Waals surface area contributed by atoms with Gasteiger partial charge in [-0.15, -0.1) is 0 Å². The van der Waals surface area contributed by atoms with E-state index in [4.69, 9.17) is 15.2 Å². The standard InChI is InChI=1S/C22H26FN5O5S/c1-12-15-8-21(2,34(4,30)31)20(24)28-22(15,11-33-12)14-7-13(5-6-16(14)23)27-19(29)17-9-26-18(32-3)10-25-17/h5-7,9-10,12,15H,8,11H2,1-4H3,(H2,24,28)(H,27,29)/t12-,15-,21+,22-/m0/s1. The Hall–Kier alpha value is -3.12. The second kappa shape index (κ2) is 8.27. The van der Waals surface area contributed by atoms with Crippen molar-refractivity contribution < 1.29 is 27.1 Å². The van der Waals surface area contributed by atoms with E-state index in [0.29, 0.717) is 5.69 Å². The maximum Gasteiger partial charge on any atom is 0.275 e. The fraction of sp³-hybridized carbons (Fsp3) is 0.455. The van der Waals surface area contributed by atoms with Crippen LogP contribution >= 0.6 is 0 Å². The van der Waals surface area contributed by atoms with Crippen molar-refractivity contribution in [1.29, 1.82) is 0 Å². The third-order valence-electron chi connectivity index (χ3n) is 6.80. The van der Waals surface area contributed by atoms with E-state index in [-0.39, 0.29) is 42.1 Å². The molecule has 1 amide bonds. The molecule has 1 aromatic carbocycles. The summed E-state index contributed by atoms with van der Waals surface area (Å²) in [5.74, 6) is -1.40. The highest BCUT2D eigenvalue weighted by Gasteiger charge is 2.59. The summed E-state index contributed by atoms with van der Waals surface area (Å²) in [6.45, 7) is 3.36. The number of benzene rings is 1. The molecule has 3 heterocycles. The second-order valence-electron chi connectivity index (χ2n) is 8.84. The summed E-state index contributed by atoms with van der Waals surface area (Å²) < 4.78 is 49.6. The normalized spacial score (nSPS) is 28.7. The first-order valence-corrected chi connectivity index (χ1v) is 12.4. The minimum Gasteiger partial charge on any atom is -0.480 e. The first kappa shape index (κ1) is 24.0. The molecule has 0 radical (unpaired) electrons. The quantitative estimate of drug-likeness (QED) is 0.642. The van der Waals surface area contributed by atoms with Gasteiger partial charge in [0.05, 0.1) is 32.2 Å². The van der Waals surface area contributed by atoms with Crippen LogP contribution < -0.4 is 15.8 Å². The highest BCUT2D eigenvalue weighted by atomic mass is 32.2. The van der Waals surface area contributed by atoms with E-state index < -0.39 is 37.8 Å². The molecule has 2 aromatic rings. The van der Waals surface area contributed by atoms with Crippen LogP contribution in [-0.2, 0) is 20.1 Å². The lowest BCUT2D eigenvalue weighted by atomic mass is 9.71. The lowest BCUT2D eigenvalue weighted by molar-refractivity contribution is 0.102. The molecule has 182 valence electrons. The van der Waals surface area contributed by atoms with Crippen molar-refractivity contribution >= 4 is 27.3 Å². The SMILES string of the molecule is COc1cnc(C(=O)Nc2ccc(F)c([C@@]34CO[C@@H](C)[C@@H]3C[C@@](C)(S(C)(=O)=O)C(N)=N4)c2)cn1. The Labute approximate surface area is 196 Å². The summed E-state index contributed by atoms with van der Waals surface area (Å²) in [6.07, 6.45) is 3.42. The molecule has 0 saturated carbocycles. The number of methoxy groups -OCH3 is 1.